The van der Waals surface area contributed by atoms with Crippen molar-refractivity contribution in [1.82, 2.24) is 4.57 Å². The summed E-state index contributed by atoms with van der Waals surface area (Å²) in [7, 11) is 1.49. The molecule has 2 rings (SSSR count). The second-order valence-corrected chi connectivity index (χ2v) is 5.50. The summed E-state index contributed by atoms with van der Waals surface area (Å²) in [5, 5.41) is 19.2. The molecule has 0 aliphatic carbocycles. The molecular formula is C16H19NO5. The number of hydrogen-bond acceptors (Lipinski definition) is 5. The summed E-state index contributed by atoms with van der Waals surface area (Å²) in [5.41, 5.74) is -0.950. The predicted octanol–water partition coefficient (Wildman–Crippen LogP) is 1.70. The average Bonchev–Trinajstić information content (AvgIpc) is 2.47. The molecule has 0 saturated carbocycles. The summed E-state index contributed by atoms with van der Waals surface area (Å²) in [6.07, 6.45) is 1.55. The number of rotatable bonds is 5. The van der Waals surface area contributed by atoms with Gasteiger partial charge in [0, 0.05) is 12.3 Å². The molecule has 1 heterocycles. The van der Waals surface area contributed by atoms with Gasteiger partial charge in [-0.25, -0.2) is 0 Å². The van der Waals surface area contributed by atoms with Crippen LogP contribution in [0, 0.1) is 0 Å². The van der Waals surface area contributed by atoms with Gasteiger partial charge in [0.25, 0.3) is 5.56 Å². The summed E-state index contributed by atoms with van der Waals surface area (Å²) < 4.78 is 12.1. The summed E-state index contributed by atoms with van der Waals surface area (Å²) in [5.74, 6) is 0.558. The number of aromatic hydroxyl groups is 1. The number of nitrogens with zero attached hydrogens (tertiary/aromatic N) is 1. The Kier molecular flexibility index (Phi) is 4.42. The van der Waals surface area contributed by atoms with E-state index in [1.165, 1.54) is 17.7 Å². The van der Waals surface area contributed by atoms with Gasteiger partial charge in [-0.05, 0) is 38.1 Å². The van der Waals surface area contributed by atoms with Crippen LogP contribution >= 0.6 is 0 Å². The second kappa shape index (κ2) is 6.11. The number of ether oxygens (including phenoxy) is 2. The van der Waals surface area contributed by atoms with Crippen LogP contribution in [0.4, 0.5) is 0 Å². The highest BCUT2D eigenvalue weighted by atomic mass is 16.5. The van der Waals surface area contributed by atoms with Crippen LogP contribution in [0.2, 0.25) is 0 Å². The lowest BCUT2D eigenvalue weighted by molar-refractivity contribution is 0.0276. The molecule has 1 aromatic carbocycles. The van der Waals surface area contributed by atoms with Gasteiger partial charge in [-0.1, -0.05) is 0 Å². The highest BCUT2D eigenvalue weighted by molar-refractivity contribution is 5.49. The zero-order chi connectivity index (χ0) is 16.3. The molecule has 2 aromatic rings. The first-order valence-electron chi connectivity index (χ1n) is 6.76. The van der Waals surface area contributed by atoms with E-state index in [4.69, 9.17) is 9.47 Å². The molecule has 0 atom stereocenters. The Morgan fingerprint density at radius 2 is 1.95 bits per heavy atom. The van der Waals surface area contributed by atoms with Gasteiger partial charge in [-0.3, -0.25) is 9.36 Å². The fraction of sp³-hybridized carbons (Fsp3) is 0.312. The first kappa shape index (κ1) is 15.9. The van der Waals surface area contributed by atoms with Gasteiger partial charge >= 0.3 is 0 Å². The van der Waals surface area contributed by atoms with Crippen LogP contribution in [0.5, 0.6) is 17.2 Å². The molecule has 6 nitrogen and oxygen atoms in total. The third kappa shape index (κ3) is 3.59. The van der Waals surface area contributed by atoms with Crippen molar-refractivity contribution in [2.45, 2.75) is 19.4 Å². The van der Waals surface area contributed by atoms with Crippen molar-refractivity contribution < 1.29 is 19.7 Å². The maximum absolute atomic E-state index is 11.9. The Labute approximate surface area is 128 Å². The maximum atomic E-state index is 11.9. The molecule has 0 amide bonds. The van der Waals surface area contributed by atoms with E-state index in [1.807, 2.05) is 0 Å². The van der Waals surface area contributed by atoms with Crippen molar-refractivity contribution in [3.63, 3.8) is 0 Å². The van der Waals surface area contributed by atoms with E-state index in [1.54, 1.807) is 44.3 Å². The number of benzene rings is 1. The lowest BCUT2D eigenvalue weighted by Crippen LogP contribution is -2.28. The third-order valence-electron chi connectivity index (χ3n) is 2.93. The predicted molar refractivity (Wildman–Crippen MR) is 82.0 cm³/mol. The highest BCUT2D eigenvalue weighted by Crippen LogP contribution is 2.30. The van der Waals surface area contributed by atoms with Crippen LogP contribution in [0.15, 0.2) is 41.3 Å². The van der Waals surface area contributed by atoms with Crippen LogP contribution < -0.4 is 15.0 Å². The van der Waals surface area contributed by atoms with Crippen LogP contribution in [0.3, 0.4) is 0 Å². The lowest BCUT2D eigenvalue weighted by atomic mass is 10.2. The lowest BCUT2D eigenvalue weighted by Gasteiger charge is -2.19. The molecule has 0 aliphatic heterocycles. The van der Waals surface area contributed by atoms with Crippen LogP contribution in [-0.2, 0) is 0 Å². The first-order valence-corrected chi connectivity index (χ1v) is 6.76. The molecule has 0 unspecified atom stereocenters. The minimum atomic E-state index is -0.966. The first-order chi connectivity index (χ1) is 10.3. The Hall–Kier alpha value is -2.47. The van der Waals surface area contributed by atoms with Crippen LogP contribution in [-0.4, -0.2) is 34.1 Å². The second-order valence-electron chi connectivity index (χ2n) is 5.50. The van der Waals surface area contributed by atoms with Gasteiger partial charge in [-0.2, -0.15) is 0 Å². The molecule has 0 saturated heterocycles. The summed E-state index contributed by atoms with van der Waals surface area (Å²) >= 11 is 0. The number of aliphatic hydroxyl groups is 1. The molecule has 0 radical (unpaired) electrons. The summed E-state index contributed by atoms with van der Waals surface area (Å²) in [6.45, 7) is 3.38. The minimum Gasteiger partial charge on any atom is -0.503 e. The maximum Gasteiger partial charge on any atom is 0.297 e. The number of pyridine rings is 1. The number of aromatic nitrogens is 1. The summed E-state index contributed by atoms with van der Waals surface area (Å²) in [6, 6.07) is 7.85. The largest absolute Gasteiger partial charge is 0.503 e. The van der Waals surface area contributed by atoms with E-state index in [-0.39, 0.29) is 12.4 Å². The van der Waals surface area contributed by atoms with Gasteiger partial charge in [-0.15, -0.1) is 0 Å². The van der Waals surface area contributed by atoms with Crippen molar-refractivity contribution >= 4 is 0 Å². The molecule has 22 heavy (non-hydrogen) atoms. The third-order valence-corrected chi connectivity index (χ3v) is 2.93. The monoisotopic (exact) mass is 305 g/mol. The molecule has 0 bridgehead atoms. The van der Waals surface area contributed by atoms with E-state index >= 15 is 0 Å². The molecule has 0 aliphatic rings. The SMILES string of the molecule is COc1cc(-n2cccc(O)c2=O)ccc1OCC(C)(C)O. The topological polar surface area (TPSA) is 80.9 Å². The van der Waals surface area contributed by atoms with Crippen LogP contribution in [0.1, 0.15) is 13.8 Å². The Balaban J connectivity index is 2.37. The van der Waals surface area contributed by atoms with Crippen molar-refractivity contribution in [2.24, 2.45) is 0 Å². The molecule has 6 heteroatoms. The van der Waals surface area contributed by atoms with Crippen molar-refractivity contribution in [3.05, 3.63) is 46.9 Å². The molecule has 118 valence electrons. The molecule has 0 fully saturated rings. The standard InChI is InChI=1S/C16H19NO5/c1-16(2,20)10-22-13-7-6-11(9-14(13)21-3)17-8-4-5-12(18)15(17)19/h4-9,18,20H,10H2,1-3H3. The zero-order valence-electron chi connectivity index (χ0n) is 12.7. The number of hydrogen-bond donors (Lipinski definition) is 2. The fourth-order valence-electron chi connectivity index (χ4n) is 1.87. The van der Waals surface area contributed by atoms with Gasteiger partial charge in [0.2, 0.25) is 0 Å². The van der Waals surface area contributed by atoms with Gasteiger partial charge in [0.05, 0.1) is 18.4 Å². The smallest absolute Gasteiger partial charge is 0.297 e. The average molecular weight is 305 g/mol. The van der Waals surface area contributed by atoms with E-state index < -0.39 is 11.2 Å². The Bertz CT molecular complexity index is 715. The van der Waals surface area contributed by atoms with Gasteiger partial charge in [0.1, 0.15) is 6.61 Å². The van der Waals surface area contributed by atoms with Crippen molar-refractivity contribution in [2.75, 3.05) is 13.7 Å². The van der Waals surface area contributed by atoms with E-state index in [2.05, 4.69) is 0 Å². The van der Waals surface area contributed by atoms with Crippen molar-refractivity contribution in [3.8, 4) is 22.9 Å². The van der Waals surface area contributed by atoms with E-state index in [9.17, 15) is 15.0 Å². The normalized spacial score (nSPS) is 11.3. The molecular weight excluding hydrogens is 286 g/mol. The molecule has 1 aromatic heterocycles. The Morgan fingerprint density at radius 3 is 2.59 bits per heavy atom. The highest BCUT2D eigenvalue weighted by Gasteiger charge is 2.16. The minimum absolute atomic E-state index is 0.106. The summed E-state index contributed by atoms with van der Waals surface area (Å²) in [4.78, 5) is 11.9. The van der Waals surface area contributed by atoms with E-state index in [0.717, 1.165) is 0 Å². The van der Waals surface area contributed by atoms with Crippen molar-refractivity contribution in [1.29, 1.82) is 0 Å². The van der Waals surface area contributed by atoms with Gasteiger partial charge < -0.3 is 19.7 Å². The Morgan fingerprint density at radius 1 is 1.23 bits per heavy atom. The molecule has 2 N–H and O–H groups in total. The van der Waals surface area contributed by atoms with Crippen LogP contribution in [0.25, 0.3) is 5.69 Å². The van der Waals surface area contributed by atoms with E-state index in [0.29, 0.717) is 17.2 Å². The fourth-order valence-corrected chi connectivity index (χ4v) is 1.87. The molecule has 0 spiro atoms. The zero-order valence-corrected chi connectivity index (χ0v) is 12.7. The van der Waals surface area contributed by atoms with Gasteiger partial charge in [0.15, 0.2) is 17.2 Å². The quantitative estimate of drug-likeness (QED) is 0.879. The number of methoxy groups -OCH3 is 1.